The summed E-state index contributed by atoms with van der Waals surface area (Å²) in [5.74, 6) is -2.06. The van der Waals surface area contributed by atoms with Crippen molar-refractivity contribution in [2.24, 2.45) is 0 Å². The van der Waals surface area contributed by atoms with Gasteiger partial charge in [0, 0.05) is 32.5 Å². The molecule has 0 saturated heterocycles. The third kappa shape index (κ3) is 1.99. The van der Waals surface area contributed by atoms with E-state index in [1.54, 1.807) is 18.2 Å². The van der Waals surface area contributed by atoms with Crippen LogP contribution in [0.1, 0.15) is 45.7 Å². The van der Waals surface area contributed by atoms with E-state index in [0.29, 0.717) is 16.8 Å². The van der Waals surface area contributed by atoms with Crippen molar-refractivity contribution in [2.75, 3.05) is 5.73 Å². The highest BCUT2D eigenvalue weighted by Gasteiger charge is 2.38. The van der Waals surface area contributed by atoms with Crippen molar-refractivity contribution in [3.63, 3.8) is 0 Å². The van der Waals surface area contributed by atoms with Gasteiger partial charge in [-0.25, -0.2) is 0 Å². The van der Waals surface area contributed by atoms with Crippen LogP contribution in [0.15, 0.2) is 18.2 Å². The number of fused-ring (bicyclic) bond motifs is 1. The van der Waals surface area contributed by atoms with E-state index in [2.05, 4.69) is 0 Å². The fourth-order valence-electron chi connectivity index (χ4n) is 2.63. The van der Waals surface area contributed by atoms with Crippen molar-refractivity contribution in [3.8, 4) is 0 Å². The molecule has 1 amide bonds. The summed E-state index contributed by atoms with van der Waals surface area (Å²) in [6.07, 6.45) is -3.31. The largest absolute Gasteiger partial charge is 0.398 e. The smallest absolute Gasteiger partial charge is 0.255 e. The number of benzene rings is 1. The van der Waals surface area contributed by atoms with Crippen LogP contribution >= 0.6 is 0 Å². The summed E-state index contributed by atoms with van der Waals surface area (Å²) in [6.45, 7) is 0.0211. The highest BCUT2D eigenvalue weighted by molar-refractivity contribution is 6.06. The van der Waals surface area contributed by atoms with Crippen molar-refractivity contribution >= 4 is 23.2 Å². The number of nitrogen functional groups attached to an aromatic ring is 1. The molecule has 0 bridgehead atoms. The zero-order valence-corrected chi connectivity index (χ0v) is 10.8. The number of nitrogens with two attached hydrogens (primary N) is 1. The lowest BCUT2D eigenvalue weighted by Crippen LogP contribution is -2.41. The Hall–Kier alpha value is -2.17. The number of nitrogens with zero attached hydrogens (tertiary/aromatic N) is 1. The molecule has 0 spiro atoms. The van der Waals surface area contributed by atoms with Crippen molar-refractivity contribution < 1.29 is 18.5 Å². The Kier molecular flexibility index (Phi) is 2.30. The maximum Gasteiger partial charge on any atom is 0.255 e. The fraction of sp³-hybridized carbons (Fsp3) is 0.400. The zero-order valence-electron chi connectivity index (χ0n) is 13.8. The molecule has 1 fully saturated rings. The molecule has 0 radical (unpaired) electrons. The van der Waals surface area contributed by atoms with Crippen LogP contribution in [0.5, 0.6) is 0 Å². The molecule has 0 aromatic heterocycles. The third-order valence-corrected chi connectivity index (χ3v) is 3.66. The molecule has 1 atom stereocenters. The average molecular weight is 275 g/mol. The van der Waals surface area contributed by atoms with Crippen molar-refractivity contribution in [1.29, 1.82) is 0 Å². The second-order valence-corrected chi connectivity index (χ2v) is 4.91. The molecular weight excluding hydrogens is 256 g/mol. The summed E-state index contributed by atoms with van der Waals surface area (Å²) in [4.78, 5) is 37.9. The van der Waals surface area contributed by atoms with E-state index in [9.17, 15) is 14.4 Å². The van der Waals surface area contributed by atoms with Gasteiger partial charge in [0.25, 0.3) is 5.91 Å². The highest BCUT2D eigenvalue weighted by Crippen LogP contribution is 2.31. The monoisotopic (exact) mass is 275 g/mol. The van der Waals surface area contributed by atoms with Crippen LogP contribution in [0.3, 0.4) is 0 Å². The maximum atomic E-state index is 12.6. The molecule has 1 saturated carbocycles. The van der Waals surface area contributed by atoms with Gasteiger partial charge in [-0.2, -0.15) is 0 Å². The predicted octanol–water partition coefficient (Wildman–Crippen LogP) is 1.31. The number of hydrogen-bond donors (Lipinski definition) is 1. The Morgan fingerprint density at radius 1 is 1.35 bits per heavy atom. The van der Waals surface area contributed by atoms with Gasteiger partial charge in [-0.15, -0.1) is 0 Å². The van der Waals surface area contributed by atoms with E-state index in [-0.39, 0.29) is 19.4 Å². The molecule has 1 aliphatic carbocycles. The van der Waals surface area contributed by atoms with Crippen LogP contribution in [-0.2, 0) is 16.1 Å². The van der Waals surface area contributed by atoms with E-state index in [0.717, 1.165) is 4.90 Å². The fourth-order valence-corrected chi connectivity index (χ4v) is 2.63. The van der Waals surface area contributed by atoms with E-state index in [4.69, 9.17) is 9.85 Å². The minimum absolute atomic E-state index is 0.0211. The summed E-state index contributed by atoms with van der Waals surface area (Å²) < 4.78 is 23.9. The molecular formula is C15H16N2O3. The maximum absolute atomic E-state index is 12.6. The predicted molar refractivity (Wildman–Crippen MR) is 73.0 cm³/mol. The van der Waals surface area contributed by atoms with Gasteiger partial charge in [0.15, 0.2) is 5.78 Å². The third-order valence-electron chi connectivity index (χ3n) is 3.66. The van der Waals surface area contributed by atoms with E-state index in [1.807, 2.05) is 0 Å². The number of amides is 1. The lowest BCUT2D eigenvalue weighted by Gasteiger charge is -2.25. The van der Waals surface area contributed by atoms with E-state index in [1.165, 1.54) is 0 Å². The summed E-state index contributed by atoms with van der Waals surface area (Å²) >= 11 is 0. The number of carbonyl (C=O) groups excluding carboxylic acids is 3. The first-order valence-corrected chi connectivity index (χ1v) is 6.43. The molecule has 5 nitrogen and oxygen atoms in total. The van der Waals surface area contributed by atoms with Crippen molar-refractivity contribution in [1.82, 2.24) is 4.90 Å². The van der Waals surface area contributed by atoms with Crippen molar-refractivity contribution in [2.45, 2.75) is 38.2 Å². The molecule has 3 rings (SSSR count). The van der Waals surface area contributed by atoms with Crippen LogP contribution in [0.4, 0.5) is 5.69 Å². The second kappa shape index (κ2) is 4.74. The van der Waals surface area contributed by atoms with Crippen LogP contribution in [0, 0.1) is 0 Å². The van der Waals surface area contributed by atoms with Gasteiger partial charge >= 0.3 is 0 Å². The van der Waals surface area contributed by atoms with Gasteiger partial charge in [-0.3, -0.25) is 14.4 Å². The SMILES string of the molecule is [2H]C1([2H])CCC([2H])(N2Cc3c(N)cccc3C2=O)C(=O)CC1=O. The van der Waals surface area contributed by atoms with E-state index >= 15 is 0 Å². The first-order chi connectivity index (χ1) is 10.7. The minimum Gasteiger partial charge on any atom is -0.398 e. The van der Waals surface area contributed by atoms with Crippen LogP contribution < -0.4 is 5.73 Å². The molecule has 2 aliphatic rings. The number of anilines is 1. The summed E-state index contributed by atoms with van der Waals surface area (Å²) in [5.41, 5.74) is 7.19. The molecule has 5 heteroatoms. The van der Waals surface area contributed by atoms with E-state index < -0.39 is 36.3 Å². The van der Waals surface area contributed by atoms with Gasteiger partial charge in [-0.1, -0.05) is 6.07 Å². The van der Waals surface area contributed by atoms with Gasteiger partial charge in [0.2, 0.25) is 0 Å². The molecule has 1 aliphatic heterocycles. The molecule has 1 unspecified atom stereocenters. The lowest BCUT2D eigenvalue weighted by atomic mass is 10.1. The van der Waals surface area contributed by atoms with Crippen LogP contribution in [0.25, 0.3) is 0 Å². The van der Waals surface area contributed by atoms with Gasteiger partial charge < -0.3 is 10.6 Å². The quantitative estimate of drug-likeness (QED) is 0.476. The molecule has 1 heterocycles. The number of Topliss-reactive ketones (excluding diaryl/α,β-unsaturated/α-hetero) is 2. The standard InChI is InChI=1S/C15H16N2O3/c16-12-5-2-4-10-11(12)8-17(15(10)20)13-6-1-3-9(18)7-14(13)19/h2,4-5,13H,1,3,6-8,16H2/i3D2,13D. The Bertz CT molecular complexity index is 735. The summed E-state index contributed by atoms with van der Waals surface area (Å²) in [6, 6.07) is 2.91. The summed E-state index contributed by atoms with van der Waals surface area (Å²) in [5, 5.41) is 0. The number of hydrogen-bond acceptors (Lipinski definition) is 4. The molecule has 1 aromatic carbocycles. The lowest BCUT2D eigenvalue weighted by molar-refractivity contribution is -0.128. The first-order valence-electron chi connectivity index (χ1n) is 7.93. The highest BCUT2D eigenvalue weighted by atomic mass is 16.2. The molecule has 104 valence electrons. The number of carbonyl (C=O) groups is 3. The Balaban J connectivity index is 1.99. The van der Waals surface area contributed by atoms with Gasteiger partial charge in [0.1, 0.15) is 5.78 Å². The van der Waals surface area contributed by atoms with Gasteiger partial charge in [0.05, 0.1) is 13.8 Å². The second-order valence-electron chi connectivity index (χ2n) is 4.91. The number of ketones is 2. The van der Waals surface area contributed by atoms with Gasteiger partial charge in [-0.05, 0) is 25.0 Å². The first kappa shape index (κ1) is 9.69. The Morgan fingerprint density at radius 2 is 2.15 bits per heavy atom. The minimum atomic E-state index is -2.15. The van der Waals surface area contributed by atoms with Crippen molar-refractivity contribution in [3.05, 3.63) is 29.3 Å². The normalized spacial score (nSPS) is 31.3. The zero-order chi connectivity index (χ0) is 17.0. The van der Waals surface area contributed by atoms with Crippen LogP contribution in [-0.4, -0.2) is 28.4 Å². The molecule has 2 N–H and O–H groups in total. The van der Waals surface area contributed by atoms with Crippen LogP contribution in [0.2, 0.25) is 0 Å². The topological polar surface area (TPSA) is 80.5 Å². The Labute approximate surface area is 121 Å². The summed E-state index contributed by atoms with van der Waals surface area (Å²) in [7, 11) is 0. The number of rotatable bonds is 1. The Morgan fingerprint density at radius 3 is 2.90 bits per heavy atom. The molecule has 1 aromatic rings. The molecule has 20 heavy (non-hydrogen) atoms. The average Bonchev–Trinajstić information content (AvgIpc) is 2.80.